The second-order valence-corrected chi connectivity index (χ2v) is 5.68. The Kier molecular flexibility index (Phi) is 5.02. The molecule has 3 rings (SSSR count). The van der Waals surface area contributed by atoms with Crippen molar-refractivity contribution >= 4 is 11.5 Å². The Morgan fingerprint density at radius 3 is 2.12 bits per heavy atom. The van der Waals surface area contributed by atoms with E-state index in [2.05, 4.69) is 15.5 Å². The van der Waals surface area contributed by atoms with Crippen LogP contribution in [-0.4, -0.2) is 10.7 Å². The first kappa shape index (κ1) is 17.7. The fraction of sp³-hybridized carbons (Fsp3) is 0.100. The van der Waals surface area contributed by atoms with Gasteiger partial charge in [-0.3, -0.25) is 5.43 Å². The zero-order valence-electron chi connectivity index (χ0n) is 14.0. The molecule has 0 amide bonds. The number of aromatic nitrogens is 1. The lowest BCUT2D eigenvalue weighted by molar-refractivity contribution is -0.137. The number of alkyl halides is 3. The highest BCUT2D eigenvalue weighted by molar-refractivity contribution is 5.99. The zero-order chi connectivity index (χ0) is 18.6. The van der Waals surface area contributed by atoms with Crippen molar-refractivity contribution in [1.29, 1.82) is 0 Å². The quantitative estimate of drug-likeness (QED) is 0.488. The first-order valence-corrected chi connectivity index (χ1v) is 7.93. The molecule has 3 aromatic rings. The Bertz CT molecular complexity index is 884. The molecule has 132 valence electrons. The van der Waals surface area contributed by atoms with Gasteiger partial charge >= 0.3 is 6.18 Å². The van der Waals surface area contributed by atoms with Gasteiger partial charge in [0, 0.05) is 6.20 Å². The van der Waals surface area contributed by atoms with Crippen molar-refractivity contribution in [2.75, 3.05) is 5.43 Å². The van der Waals surface area contributed by atoms with Crippen LogP contribution in [0.15, 0.2) is 78.0 Å². The van der Waals surface area contributed by atoms with Crippen molar-refractivity contribution < 1.29 is 13.2 Å². The van der Waals surface area contributed by atoms with Gasteiger partial charge in [-0.1, -0.05) is 54.6 Å². The summed E-state index contributed by atoms with van der Waals surface area (Å²) in [4.78, 5) is 3.73. The topological polar surface area (TPSA) is 37.3 Å². The molecule has 0 aliphatic heterocycles. The molecule has 6 heteroatoms. The van der Waals surface area contributed by atoms with Crippen molar-refractivity contribution in [3.8, 4) is 11.1 Å². The predicted octanol–water partition coefficient (Wildman–Crippen LogP) is 5.60. The Hall–Kier alpha value is -3.15. The van der Waals surface area contributed by atoms with Crippen LogP contribution in [0.1, 0.15) is 18.1 Å². The van der Waals surface area contributed by atoms with Crippen LogP contribution in [0, 0.1) is 0 Å². The van der Waals surface area contributed by atoms with Crippen LogP contribution < -0.4 is 5.43 Å². The molecule has 1 heterocycles. The molecule has 0 aliphatic rings. The molecule has 0 bridgehead atoms. The van der Waals surface area contributed by atoms with E-state index in [1.807, 2.05) is 61.5 Å². The van der Waals surface area contributed by atoms with Gasteiger partial charge in [0.2, 0.25) is 0 Å². The number of halogens is 3. The van der Waals surface area contributed by atoms with Gasteiger partial charge < -0.3 is 0 Å². The van der Waals surface area contributed by atoms with E-state index in [4.69, 9.17) is 0 Å². The van der Waals surface area contributed by atoms with Crippen LogP contribution in [0.25, 0.3) is 11.1 Å². The second-order valence-electron chi connectivity index (χ2n) is 5.68. The molecule has 0 atom stereocenters. The number of hydrazone groups is 1. The maximum atomic E-state index is 12.5. The first-order chi connectivity index (χ1) is 12.4. The van der Waals surface area contributed by atoms with Crippen LogP contribution in [-0.2, 0) is 6.18 Å². The van der Waals surface area contributed by atoms with E-state index in [1.165, 1.54) is 6.07 Å². The lowest BCUT2D eigenvalue weighted by Crippen LogP contribution is -2.06. The van der Waals surface area contributed by atoms with E-state index in [-0.39, 0.29) is 5.82 Å². The van der Waals surface area contributed by atoms with E-state index in [9.17, 15) is 13.2 Å². The minimum absolute atomic E-state index is 0.248. The van der Waals surface area contributed by atoms with Gasteiger partial charge in [0.1, 0.15) is 5.82 Å². The smallest absolute Gasteiger partial charge is 0.261 e. The molecule has 0 saturated carbocycles. The number of rotatable bonds is 4. The highest BCUT2D eigenvalue weighted by Crippen LogP contribution is 2.28. The van der Waals surface area contributed by atoms with Crippen LogP contribution in [0.4, 0.5) is 19.0 Å². The fourth-order valence-corrected chi connectivity index (χ4v) is 2.37. The summed E-state index contributed by atoms with van der Waals surface area (Å²) in [5.74, 6) is 0.248. The monoisotopic (exact) mass is 355 g/mol. The third kappa shape index (κ3) is 4.27. The van der Waals surface area contributed by atoms with E-state index in [0.29, 0.717) is 5.71 Å². The molecular formula is C20H16F3N3. The molecule has 1 aromatic heterocycles. The van der Waals surface area contributed by atoms with Crippen LogP contribution in [0.3, 0.4) is 0 Å². The maximum Gasteiger partial charge on any atom is 0.417 e. The summed E-state index contributed by atoms with van der Waals surface area (Å²) in [6.07, 6.45) is -3.62. The van der Waals surface area contributed by atoms with E-state index < -0.39 is 11.7 Å². The molecule has 0 unspecified atom stereocenters. The summed E-state index contributed by atoms with van der Waals surface area (Å²) in [6, 6.07) is 20.1. The summed E-state index contributed by atoms with van der Waals surface area (Å²) in [5.41, 5.74) is 5.72. The van der Waals surface area contributed by atoms with Crippen molar-refractivity contribution in [2.45, 2.75) is 13.1 Å². The number of pyridine rings is 1. The second kappa shape index (κ2) is 7.39. The van der Waals surface area contributed by atoms with Gasteiger partial charge in [-0.15, -0.1) is 0 Å². The average Bonchev–Trinajstić information content (AvgIpc) is 2.66. The third-order valence-electron chi connectivity index (χ3n) is 3.84. The maximum absolute atomic E-state index is 12.5. The van der Waals surface area contributed by atoms with E-state index in [0.717, 1.165) is 29.0 Å². The van der Waals surface area contributed by atoms with E-state index in [1.54, 1.807) is 0 Å². The third-order valence-corrected chi connectivity index (χ3v) is 3.84. The van der Waals surface area contributed by atoms with Gasteiger partial charge in [0.05, 0.1) is 11.3 Å². The first-order valence-electron chi connectivity index (χ1n) is 7.93. The van der Waals surface area contributed by atoms with Gasteiger partial charge in [-0.25, -0.2) is 4.98 Å². The van der Waals surface area contributed by atoms with Gasteiger partial charge in [-0.05, 0) is 35.7 Å². The highest BCUT2D eigenvalue weighted by atomic mass is 19.4. The van der Waals surface area contributed by atoms with Gasteiger partial charge in [-0.2, -0.15) is 18.3 Å². The molecule has 2 aromatic carbocycles. The molecule has 0 spiro atoms. The fourth-order valence-electron chi connectivity index (χ4n) is 2.37. The normalized spacial score (nSPS) is 12.1. The molecule has 0 radical (unpaired) electrons. The standard InChI is InChI=1S/C20H16F3N3/c1-14(25-26-19-12-11-18(13-24-19)20(21,22)23)15-7-9-17(10-8-15)16-5-3-2-4-6-16/h2-13H,1H3,(H,24,26). The molecular weight excluding hydrogens is 339 g/mol. The summed E-state index contributed by atoms with van der Waals surface area (Å²) < 4.78 is 37.6. The summed E-state index contributed by atoms with van der Waals surface area (Å²) >= 11 is 0. The number of hydrogen-bond acceptors (Lipinski definition) is 3. The molecule has 0 fully saturated rings. The molecule has 0 aliphatic carbocycles. The lowest BCUT2D eigenvalue weighted by atomic mass is 10.0. The average molecular weight is 355 g/mol. The zero-order valence-corrected chi connectivity index (χ0v) is 14.0. The summed E-state index contributed by atoms with van der Waals surface area (Å²) in [5, 5.41) is 4.18. The number of anilines is 1. The van der Waals surface area contributed by atoms with Crippen molar-refractivity contribution in [3.05, 3.63) is 84.1 Å². The van der Waals surface area contributed by atoms with E-state index >= 15 is 0 Å². The minimum atomic E-state index is -4.40. The van der Waals surface area contributed by atoms with Crippen molar-refractivity contribution in [1.82, 2.24) is 4.98 Å². The van der Waals surface area contributed by atoms with Crippen LogP contribution in [0.2, 0.25) is 0 Å². The highest BCUT2D eigenvalue weighted by Gasteiger charge is 2.30. The minimum Gasteiger partial charge on any atom is -0.261 e. The number of benzene rings is 2. The number of nitrogens with one attached hydrogen (secondary N) is 1. The SMILES string of the molecule is CC(=NNc1ccc(C(F)(F)F)cn1)c1ccc(-c2ccccc2)cc1. The largest absolute Gasteiger partial charge is 0.417 e. The summed E-state index contributed by atoms with van der Waals surface area (Å²) in [6.45, 7) is 1.81. The number of hydrogen-bond donors (Lipinski definition) is 1. The van der Waals surface area contributed by atoms with Crippen LogP contribution >= 0.6 is 0 Å². The lowest BCUT2D eigenvalue weighted by Gasteiger charge is -2.07. The van der Waals surface area contributed by atoms with Crippen LogP contribution in [0.5, 0.6) is 0 Å². The summed E-state index contributed by atoms with van der Waals surface area (Å²) in [7, 11) is 0. The Labute approximate surface area is 149 Å². The van der Waals surface area contributed by atoms with Crippen molar-refractivity contribution in [3.63, 3.8) is 0 Å². The number of nitrogens with zero attached hydrogens (tertiary/aromatic N) is 2. The Morgan fingerprint density at radius 2 is 1.54 bits per heavy atom. The molecule has 1 N–H and O–H groups in total. The van der Waals surface area contributed by atoms with Gasteiger partial charge in [0.15, 0.2) is 0 Å². The molecule has 0 saturated heterocycles. The van der Waals surface area contributed by atoms with Gasteiger partial charge in [0.25, 0.3) is 0 Å². The Balaban J connectivity index is 1.70. The molecule has 26 heavy (non-hydrogen) atoms. The Morgan fingerprint density at radius 1 is 0.885 bits per heavy atom. The predicted molar refractivity (Wildman–Crippen MR) is 97.0 cm³/mol. The molecule has 3 nitrogen and oxygen atoms in total. The van der Waals surface area contributed by atoms with Crippen molar-refractivity contribution in [2.24, 2.45) is 5.10 Å².